The van der Waals surface area contributed by atoms with Gasteiger partial charge < -0.3 is 11.1 Å². The van der Waals surface area contributed by atoms with Crippen molar-refractivity contribution in [1.29, 1.82) is 0 Å². The van der Waals surface area contributed by atoms with Gasteiger partial charge in [0.2, 0.25) is 15.9 Å². The highest BCUT2D eigenvalue weighted by atomic mass is 32.2. The van der Waals surface area contributed by atoms with Gasteiger partial charge in [-0.3, -0.25) is 4.79 Å². The van der Waals surface area contributed by atoms with Crippen molar-refractivity contribution in [3.05, 3.63) is 0 Å². The third-order valence-corrected chi connectivity index (χ3v) is 4.86. The van der Waals surface area contributed by atoms with E-state index in [1.807, 2.05) is 20.8 Å². The Hall–Kier alpha value is -0.660. The molecule has 0 aromatic rings. The van der Waals surface area contributed by atoms with Gasteiger partial charge in [-0.25, -0.2) is 8.42 Å². The summed E-state index contributed by atoms with van der Waals surface area (Å²) in [5.74, 6) is -0.540. The summed E-state index contributed by atoms with van der Waals surface area (Å²) in [6.45, 7) is 7.13. The van der Waals surface area contributed by atoms with Crippen molar-refractivity contribution in [3.63, 3.8) is 0 Å². The number of piperazine rings is 1. The van der Waals surface area contributed by atoms with Crippen molar-refractivity contribution in [3.8, 4) is 0 Å². The zero-order chi connectivity index (χ0) is 14.0. The Bertz CT molecular complexity index is 400. The third-order valence-electron chi connectivity index (χ3n) is 2.99. The summed E-state index contributed by atoms with van der Waals surface area (Å²) in [5.41, 5.74) is 5.20. The van der Waals surface area contributed by atoms with Gasteiger partial charge in [-0.05, 0) is 11.8 Å². The van der Waals surface area contributed by atoms with Gasteiger partial charge in [0.25, 0.3) is 0 Å². The number of carbonyl (C=O) groups excluding carboxylic acids is 1. The highest BCUT2D eigenvalue weighted by Gasteiger charge is 2.35. The third kappa shape index (κ3) is 4.22. The molecule has 0 bridgehead atoms. The van der Waals surface area contributed by atoms with E-state index in [1.54, 1.807) is 0 Å². The van der Waals surface area contributed by atoms with Crippen LogP contribution in [-0.2, 0) is 14.8 Å². The second-order valence-electron chi connectivity index (χ2n) is 5.86. The lowest BCUT2D eigenvalue weighted by atomic mass is 9.94. The van der Waals surface area contributed by atoms with Crippen LogP contribution in [0.15, 0.2) is 0 Å². The molecule has 1 rings (SSSR count). The summed E-state index contributed by atoms with van der Waals surface area (Å²) in [7, 11) is -3.42. The molecular formula is C11H23N3O3S. The zero-order valence-corrected chi connectivity index (χ0v) is 12.1. The summed E-state index contributed by atoms with van der Waals surface area (Å²) in [6.07, 6.45) is 0.560. The molecule has 1 unspecified atom stereocenters. The van der Waals surface area contributed by atoms with Crippen LogP contribution in [0.25, 0.3) is 0 Å². The van der Waals surface area contributed by atoms with Crippen molar-refractivity contribution in [2.45, 2.75) is 33.2 Å². The van der Waals surface area contributed by atoms with Crippen LogP contribution in [0.3, 0.4) is 0 Å². The molecule has 6 nitrogen and oxygen atoms in total. The normalized spacial score (nSPS) is 22.9. The topological polar surface area (TPSA) is 92.5 Å². The van der Waals surface area contributed by atoms with Gasteiger partial charge in [0, 0.05) is 19.6 Å². The van der Waals surface area contributed by atoms with E-state index in [9.17, 15) is 13.2 Å². The highest BCUT2D eigenvalue weighted by molar-refractivity contribution is 7.89. The molecule has 1 heterocycles. The van der Waals surface area contributed by atoms with E-state index in [0.717, 1.165) is 0 Å². The first-order chi connectivity index (χ1) is 8.13. The maximum atomic E-state index is 12.2. The Kier molecular flexibility index (Phi) is 4.74. The maximum absolute atomic E-state index is 12.2. The predicted molar refractivity (Wildman–Crippen MR) is 70.4 cm³/mol. The molecule has 1 fully saturated rings. The second-order valence-corrected chi connectivity index (χ2v) is 7.90. The number of rotatable bonds is 4. The smallest absolute Gasteiger partial charge is 0.237 e. The van der Waals surface area contributed by atoms with Gasteiger partial charge >= 0.3 is 0 Å². The van der Waals surface area contributed by atoms with E-state index in [2.05, 4.69) is 5.32 Å². The molecule has 106 valence electrons. The fourth-order valence-electron chi connectivity index (χ4n) is 1.81. The second kappa shape index (κ2) is 5.54. The highest BCUT2D eigenvalue weighted by Crippen LogP contribution is 2.21. The standard InChI is InChI=1S/C11H23N3O3S/c1-11(2,3)4-7-18(16,17)14-6-5-13-8-9(14)10(12)15/h9,13H,4-8H2,1-3H3,(H2,12,15). The molecule has 0 radical (unpaired) electrons. The van der Waals surface area contributed by atoms with Gasteiger partial charge in [-0.15, -0.1) is 0 Å². The van der Waals surface area contributed by atoms with Gasteiger partial charge in [0.1, 0.15) is 6.04 Å². The molecule has 0 aliphatic carbocycles. The van der Waals surface area contributed by atoms with Crippen LogP contribution in [0, 0.1) is 5.41 Å². The van der Waals surface area contributed by atoms with E-state index in [1.165, 1.54) is 4.31 Å². The minimum atomic E-state index is -3.42. The monoisotopic (exact) mass is 277 g/mol. The zero-order valence-electron chi connectivity index (χ0n) is 11.3. The molecule has 1 aliphatic heterocycles. The molecule has 7 heteroatoms. The van der Waals surface area contributed by atoms with E-state index in [-0.39, 0.29) is 11.2 Å². The van der Waals surface area contributed by atoms with Gasteiger partial charge in [-0.1, -0.05) is 20.8 Å². The van der Waals surface area contributed by atoms with Gasteiger partial charge in [0.05, 0.1) is 5.75 Å². The Balaban J connectivity index is 2.78. The Morgan fingerprint density at radius 2 is 2.06 bits per heavy atom. The van der Waals surface area contributed by atoms with Gasteiger partial charge in [0.15, 0.2) is 0 Å². The van der Waals surface area contributed by atoms with Crippen LogP contribution in [0.4, 0.5) is 0 Å². The Labute approximate surface area is 109 Å². The average Bonchev–Trinajstić information content (AvgIpc) is 2.26. The Morgan fingerprint density at radius 1 is 1.44 bits per heavy atom. The molecule has 0 spiro atoms. The van der Waals surface area contributed by atoms with Crippen molar-refractivity contribution in [1.82, 2.24) is 9.62 Å². The van der Waals surface area contributed by atoms with Gasteiger partial charge in [-0.2, -0.15) is 4.31 Å². The van der Waals surface area contributed by atoms with Crippen LogP contribution in [0.5, 0.6) is 0 Å². The van der Waals surface area contributed by atoms with Crippen LogP contribution in [0.2, 0.25) is 0 Å². The number of hydrogen-bond acceptors (Lipinski definition) is 4. The minimum Gasteiger partial charge on any atom is -0.368 e. The summed E-state index contributed by atoms with van der Waals surface area (Å²) in [6, 6.07) is -0.760. The van der Waals surface area contributed by atoms with Crippen molar-refractivity contribution < 1.29 is 13.2 Å². The number of amides is 1. The summed E-state index contributed by atoms with van der Waals surface area (Å²) in [5, 5.41) is 2.98. The lowest BCUT2D eigenvalue weighted by Gasteiger charge is -2.33. The van der Waals surface area contributed by atoms with E-state index < -0.39 is 22.0 Å². The van der Waals surface area contributed by atoms with Crippen molar-refractivity contribution in [2.75, 3.05) is 25.4 Å². The molecule has 1 saturated heterocycles. The number of nitrogens with zero attached hydrogens (tertiary/aromatic N) is 1. The molecule has 18 heavy (non-hydrogen) atoms. The van der Waals surface area contributed by atoms with Crippen LogP contribution >= 0.6 is 0 Å². The minimum absolute atomic E-state index is 0.0523. The molecule has 1 atom stereocenters. The number of carbonyl (C=O) groups is 1. The quantitative estimate of drug-likeness (QED) is 0.725. The SMILES string of the molecule is CC(C)(C)CCS(=O)(=O)N1CCNCC1C(N)=O. The molecular weight excluding hydrogens is 254 g/mol. The molecule has 0 aromatic carbocycles. The fourth-order valence-corrected chi connectivity index (χ4v) is 3.85. The van der Waals surface area contributed by atoms with E-state index in [4.69, 9.17) is 5.73 Å². The lowest BCUT2D eigenvalue weighted by Crippen LogP contribution is -2.59. The number of sulfonamides is 1. The Morgan fingerprint density at radius 3 is 2.56 bits per heavy atom. The van der Waals surface area contributed by atoms with Crippen LogP contribution < -0.4 is 11.1 Å². The summed E-state index contributed by atoms with van der Waals surface area (Å²) >= 11 is 0. The number of nitrogens with one attached hydrogen (secondary N) is 1. The molecule has 1 amide bonds. The summed E-state index contributed by atoms with van der Waals surface area (Å²) < 4.78 is 25.7. The maximum Gasteiger partial charge on any atom is 0.237 e. The van der Waals surface area contributed by atoms with Crippen molar-refractivity contribution in [2.24, 2.45) is 11.1 Å². The first-order valence-corrected chi connectivity index (χ1v) is 7.74. The number of primary amides is 1. The first-order valence-electron chi connectivity index (χ1n) is 6.13. The predicted octanol–water partition coefficient (Wildman–Crippen LogP) is -0.488. The lowest BCUT2D eigenvalue weighted by molar-refractivity contribution is -0.122. The fraction of sp³-hybridized carbons (Fsp3) is 0.909. The average molecular weight is 277 g/mol. The molecule has 3 N–H and O–H groups in total. The molecule has 0 aromatic heterocycles. The first kappa shape index (κ1) is 15.4. The molecule has 0 saturated carbocycles. The largest absolute Gasteiger partial charge is 0.368 e. The van der Waals surface area contributed by atoms with Crippen LogP contribution in [0.1, 0.15) is 27.2 Å². The number of hydrogen-bond donors (Lipinski definition) is 2. The van der Waals surface area contributed by atoms with Crippen LogP contribution in [-0.4, -0.2) is 50.1 Å². The van der Waals surface area contributed by atoms with E-state index in [0.29, 0.717) is 26.1 Å². The number of nitrogens with two attached hydrogens (primary N) is 1. The summed E-state index contributed by atoms with van der Waals surface area (Å²) in [4.78, 5) is 11.3. The van der Waals surface area contributed by atoms with E-state index >= 15 is 0 Å². The van der Waals surface area contributed by atoms with Crippen molar-refractivity contribution >= 4 is 15.9 Å². The molecule has 1 aliphatic rings.